The summed E-state index contributed by atoms with van der Waals surface area (Å²) in [5.74, 6) is -1.63. The number of aliphatic hydroxyl groups excluding tert-OH is 1. The van der Waals surface area contributed by atoms with E-state index in [2.05, 4.69) is 10.3 Å². The van der Waals surface area contributed by atoms with E-state index < -0.39 is 23.9 Å². The van der Waals surface area contributed by atoms with Gasteiger partial charge in [-0.25, -0.2) is 9.37 Å². The minimum atomic E-state index is -0.840. The van der Waals surface area contributed by atoms with Crippen molar-refractivity contribution in [3.05, 3.63) is 52.3 Å². The third kappa shape index (κ3) is 3.96. The maximum Gasteiger partial charge on any atom is 0.272 e. The van der Waals surface area contributed by atoms with Crippen LogP contribution in [0.3, 0.4) is 0 Å². The maximum absolute atomic E-state index is 13.9. The third-order valence-corrected chi connectivity index (χ3v) is 4.91. The number of aryl methyl sites for hydroxylation is 2. The van der Waals surface area contributed by atoms with Gasteiger partial charge in [0.15, 0.2) is 0 Å². The Labute approximate surface area is 160 Å². The number of halogens is 2. The molecule has 0 unspecified atom stereocenters. The smallest absolute Gasteiger partial charge is 0.272 e. The molecule has 0 saturated carbocycles. The molecule has 1 aromatic carbocycles. The average molecular weight is 395 g/mol. The molecule has 0 radical (unpaired) electrons. The monoisotopic (exact) mass is 394 g/mol. The molecule has 1 aromatic heterocycles. The lowest BCUT2D eigenvalue weighted by atomic mass is 10.0. The van der Waals surface area contributed by atoms with E-state index in [1.165, 1.54) is 12.1 Å². The highest BCUT2D eigenvalue weighted by molar-refractivity contribution is 6.31. The van der Waals surface area contributed by atoms with Gasteiger partial charge >= 0.3 is 0 Å². The summed E-state index contributed by atoms with van der Waals surface area (Å²) >= 11 is 5.83. The van der Waals surface area contributed by atoms with E-state index in [9.17, 15) is 19.1 Å². The minimum absolute atomic E-state index is 0.110. The van der Waals surface area contributed by atoms with Crippen molar-refractivity contribution >= 4 is 23.4 Å². The first-order valence-corrected chi connectivity index (χ1v) is 8.87. The minimum Gasteiger partial charge on any atom is -0.391 e. The number of carbonyl (C=O) groups excluding carboxylic acids is 2. The van der Waals surface area contributed by atoms with Crippen molar-refractivity contribution in [1.82, 2.24) is 19.8 Å². The molecule has 0 aliphatic carbocycles. The van der Waals surface area contributed by atoms with E-state index in [4.69, 9.17) is 11.6 Å². The van der Waals surface area contributed by atoms with E-state index in [1.807, 2.05) is 0 Å². The molecule has 1 saturated heterocycles. The van der Waals surface area contributed by atoms with Crippen LogP contribution in [0.1, 0.15) is 33.0 Å². The summed E-state index contributed by atoms with van der Waals surface area (Å²) in [6.07, 6.45) is 1.02. The quantitative estimate of drug-likeness (QED) is 0.826. The molecule has 144 valence electrons. The van der Waals surface area contributed by atoms with Gasteiger partial charge in [-0.3, -0.25) is 9.59 Å². The fraction of sp³-hybridized carbons (Fsp3) is 0.389. The predicted octanol–water partition coefficient (Wildman–Crippen LogP) is 1.53. The van der Waals surface area contributed by atoms with E-state index >= 15 is 0 Å². The Balaban J connectivity index is 1.75. The maximum atomic E-state index is 13.9. The molecule has 3 rings (SSSR count). The van der Waals surface area contributed by atoms with Gasteiger partial charge in [-0.2, -0.15) is 0 Å². The summed E-state index contributed by atoms with van der Waals surface area (Å²) in [6, 6.07) is 2.96. The summed E-state index contributed by atoms with van der Waals surface area (Å²) in [5.41, 5.74) is 0.855. The summed E-state index contributed by atoms with van der Waals surface area (Å²) in [4.78, 5) is 30.9. The zero-order valence-corrected chi connectivity index (χ0v) is 15.7. The fourth-order valence-electron chi connectivity index (χ4n) is 3.19. The SMILES string of the molecule is Cc1ncn(C)c1C(=O)N1CC[C@@H](O)[C@H](NC(=O)c2cc(Cl)ccc2F)C1. The summed E-state index contributed by atoms with van der Waals surface area (Å²) in [6.45, 7) is 2.20. The van der Waals surface area contributed by atoms with Crippen LogP contribution in [0.2, 0.25) is 5.02 Å². The van der Waals surface area contributed by atoms with Crippen LogP contribution in [-0.4, -0.2) is 56.6 Å². The Morgan fingerprint density at radius 3 is 2.81 bits per heavy atom. The van der Waals surface area contributed by atoms with Gasteiger partial charge in [0.1, 0.15) is 11.5 Å². The molecule has 2 heterocycles. The lowest BCUT2D eigenvalue weighted by Gasteiger charge is -2.36. The van der Waals surface area contributed by atoms with Crippen LogP contribution in [-0.2, 0) is 7.05 Å². The molecule has 9 heteroatoms. The van der Waals surface area contributed by atoms with E-state index in [-0.39, 0.29) is 23.0 Å². The van der Waals surface area contributed by atoms with Gasteiger partial charge in [0.25, 0.3) is 11.8 Å². The first kappa shape index (κ1) is 19.3. The number of imidazole rings is 1. The normalized spacial score (nSPS) is 19.8. The average Bonchev–Trinajstić information content (AvgIpc) is 2.96. The standard InChI is InChI=1S/C18H20ClFN4O3/c1-10-16(23(2)9-21-10)18(27)24-6-5-15(25)14(8-24)22-17(26)12-7-11(19)3-4-13(12)20/h3-4,7,9,14-15,25H,5-6,8H2,1-2H3,(H,22,26)/t14-,15-/m1/s1. The number of aromatic nitrogens is 2. The van der Waals surface area contributed by atoms with Gasteiger partial charge in [-0.1, -0.05) is 11.6 Å². The first-order chi connectivity index (χ1) is 12.8. The fourth-order valence-corrected chi connectivity index (χ4v) is 3.36. The number of benzene rings is 1. The van der Waals surface area contributed by atoms with Crippen molar-refractivity contribution in [3.63, 3.8) is 0 Å². The number of amides is 2. The Bertz CT molecular complexity index is 866. The van der Waals surface area contributed by atoms with E-state index in [0.29, 0.717) is 24.4 Å². The number of hydrogen-bond acceptors (Lipinski definition) is 4. The molecule has 27 heavy (non-hydrogen) atoms. The molecule has 1 aliphatic heterocycles. The lowest BCUT2D eigenvalue weighted by molar-refractivity contribution is 0.0352. The molecule has 2 amide bonds. The number of nitrogens with zero attached hydrogens (tertiary/aromatic N) is 3. The van der Waals surface area contributed by atoms with Gasteiger partial charge in [0.2, 0.25) is 0 Å². The Morgan fingerprint density at radius 1 is 1.41 bits per heavy atom. The van der Waals surface area contributed by atoms with Crippen LogP contribution in [0.15, 0.2) is 24.5 Å². The van der Waals surface area contributed by atoms with Crippen LogP contribution in [0.4, 0.5) is 4.39 Å². The van der Waals surface area contributed by atoms with Crippen LogP contribution in [0.5, 0.6) is 0 Å². The van der Waals surface area contributed by atoms with Gasteiger partial charge in [-0.15, -0.1) is 0 Å². The molecule has 2 aromatic rings. The molecule has 2 atom stereocenters. The van der Waals surface area contributed by atoms with Crippen LogP contribution < -0.4 is 5.32 Å². The molecule has 1 fully saturated rings. The molecule has 2 N–H and O–H groups in total. The highest BCUT2D eigenvalue weighted by Crippen LogP contribution is 2.18. The Morgan fingerprint density at radius 2 is 2.15 bits per heavy atom. The van der Waals surface area contributed by atoms with Gasteiger partial charge < -0.3 is 19.9 Å². The Hall–Kier alpha value is -2.45. The largest absolute Gasteiger partial charge is 0.391 e. The predicted molar refractivity (Wildman–Crippen MR) is 97.1 cm³/mol. The molecule has 1 aliphatic rings. The second-order valence-electron chi connectivity index (χ2n) is 6.60. The second kappa shape index (κ2) is 7.66. The van der Waals surface area contributed by atoms with Crippen molar-refractivity contribution in [2.75, 3.05) is 13.1 Å². The van der Waals surface area contributed by atoms with Crippen LogP contribution in [0.25, 0.3) is 0 Å². The number of piperidine rings is 1. The zero-order chi connectivity index (χ0) is 19.7. The highest BCUT2D eigenvalue weighted by atomic mass is 35.5. The molecule has 7 nitrogen and oxygen atoms in total. The van der Waals surface area contributed by atoms with Crippen molar-refractivity contribution in [2.24, 2.45) is 7.05 Å². The van der Waals surface area contributed by atoms with E-state index in [0.717, 1.165) is 6.07 Å². The number of rotatable bonds is 3. The molecule has 0 spiro atoms. The van der Waals surface area contributed by atoms with Crippen LogP contribution >= 0.6 is 11.6 Å². The summed E-state index contributed by atoms with van der Waals surface area (Å²) in [7, 11) is 1.73. The Kier molecular flexibility index (Phi) is 5.48. The van der Waals surface area contributed by atoms with Gasteiger partial charge in [0.05, 0.1) is 29.7 Å². The molecule has 0 bridgehead atoms. The van der Waals surface area contributed by atoms with Crippen molar-refractivity contribution in [1.29, 1.82) is 0 Å². The second-order valence-corrected chi connectivity index (χ2v) is 7.04. The molecular weight excluding hydrogens is 375 g/mol. The van der Waals surface area contributed by atoms with Crippen molar-refractivity contribution in [3.8, 4) is 0 Å². The van der Waals surface area contributed by atoms with Gasteiger partial charge in [0, 0.05) is 25.2 Å². The number of likely N-dealkylation sites (tertiary alicyclic amines) is 1. The summed E-state index contributed by atoms with van der Waals surface area (Å²) in [5, 5.41) is 13.1. The lowest BCUT2D eigenvalue weighted by Crippen LogP contribution is -2.56. The summed E-state index contributed by atoms with van der Waals surface area (Å²) < 4.78 is 15.5. The third-order valence-electron chi connectivity index (χ3n) is 4.68. The number of carbonyl (C=O) groups is 2. The van der Waals surface area contributed by atoms with E-state index in [1.54, 1.807) is 29.8 Å². The topological polar surface area (TPSA) is 87.5 Å². The van der Waals surface area contributed by atoms with Crippen LogP contribution in [0, 0.1) is 12.7 Å². The van der Waals surface area contributed by atoms with Gasteiger partial charge in [-0.05, 0) is 31.5 Å². The first-order valence-electron chi connectivity index (χ1n) is 8.49. The zero-order valence-electron chi connectivity index (χ0n) is 14.9. The number of hydrogen-bond donors (Lipinski definition) is 2. The number of aliphatic hydroxyl groups is 1. The van der Waals surface area contributed by atoms with Crippen molar-refractivity contribution in [2.45, 2.75) is 25.5 Å². The highest BCUT2D eigenvalue weighted by Gasteiger charge is 2.33. The van der Waals surface area contributed by atoms with Crippen molar-refractivity contribution < 1.29 is 19.1 Å². The molecular formula is C18H20ClFN4O3. The number of nitrogens with one attached hydrogen (secondary N) is 1.